The largest absolute Gasteiger partial charge is 0.378 e. The van der Waals surface area contributed by atoms with Crippen molar-refractivity contribution in [1.82, 2.24) is 19.6 Å². The Labute approximate surface area is 111 Å². The Bertz CT molecular complexity index is 653. The minimum atomic E-state index is 0.735. The number of rotatable bonds is 4. The van der Waals surface area contributed by atoms with Crippen LogP contribution in [0.3, 0.4) is 0 Å². The Hall–Kier alpha value is -2.56. The lowest BCUT2D eigenvalue weighted by Gasteiger charge is -2.01. The summed E-state index contributed by atoms with van der Waals surface area (Å²) in [5, 5.41) is 11.8. The van der Waals surface area contributed by atoms with Crippen LogP contribution in [0.15, 0.2) is 55.1 Å². The highest BCUT2D eigenvalue weighted by Crippen LogP contribution is 2.10. The molecule has 0 bridgehead atoms. The first kappa shape index (κ1) is 11.5. The van der Waals surface area contributed by atoms with Crippen LogP contribution >= 0.6 is 0 Å². The second-order valence-electron chi connectivity index (χ2n) is 4.38. The number of aryl methyl sites for hydroxylation is 1. The molecular weight excluding hydrogens is 238 g/mol. The van der Waals surface area contributed by atoms with Crippen molar-refractivity contribution in [3.8, 4) is 5.69 Å². The van der Waals surface area contributed by atoms with Crippen LogP contribution in [0.4, 0.5) is 5.69 Å². The molecule has 2 heterocycles. The zero-order valence-corrected chi connectivity index (χ0v) is 10.7. The number of benzene rings is 1. The summed E-state index contributed by atoms with van der Waals surface area (Å²) in [7, 11) is 1.90. The molecule has 3 aromatic rings. The van der Waals surface area contributed by atoms with Crippen LogP contribution in [-0.2, 0) is 13.6 Å². The van der Waals surface area contributed by atoms with E-state index in [2.05, 4.69) is 15.5 Å². The molecule has 0 atom stereocenters. The van der Waals surface area contributed by atoms with E-state index in [1.807, 2.05) is 66.8 Å². The molecule has 0 saturated heterocycles. The Morgan fingerprint density at radius 1 is 1.05 bits per heavy atom. The highest BCUT2D eigenvalue weighted by Gasteiger charge is 2.01. The van der Waals surface area contributed by atoms with Gasteiger partial charge in [0.2, 0.25) is 0 Å². The smallest absolute Gasteiger partial charge is 0.0729 e. The molecule has 3 rings (SSSR count). The van der Waals surface area contributed by atoms with Crippen molar-refractivity contribution in [2.75, 3.05) is 5.32 Å². The molecule has 0 aliphatic rings. The van der Waals surface area contributed by atoms with Gasteiger partial charge in [-0.2, -0.15) is 10.2 Å². The lowest BCUT2D eigenvalue weighted by atomic mass is 10.3. The summed E-state index contributed by atoms with van der Waals surface area (Å²) in [6.07, 6.45) is 7.65. The molecule has 0 aliphatic carbocycles. The molecule has 0 amide bonds. The van der Waals surface area contributed by atoms with Crippen LogP contribution < -0.4 is 5.32 Å². The fourth-order valence-electron chi connectivity index (χ4n) is 1.89. The maximum Gasteiger partial charge on any atom is 0.0729 e. The molecule has 1 N–H and O–H groups in total. The fraction of sp³-hybridized carbons (Fsp3) is 0.143. The van der Waals surface area contributed by atoms with Crippen molar-refractivity contribution in [1.29, 1.82) is 0 Å². The fourth-order valence-corrected chi connectivity index (χ4v) is 1.89. The highest BCUT2D eigenvalue weighted by molar-refractivity contribution is 5.39. The average molecular weight is 253 g/mol. The maximum absolute atomic E-state index is 4.36. The van der Waals surface area contributed by atoms with E-state index >= 15 is 0 Å². The zero-order valence-electron chi connectivity index (χ0n) is 10.7. The third-order valence-corrected chi connectivity index (χ3v) is 2.86. The molecule has 1 aromatic carbocycles. The van der Waals surface area contributed by atoms with Crippen LogP contribution in [-0.4, -0.2) is 19.6 Å². The van der Waals surface area contributed by atoms with Crippen LogP contribution in [0.2, 0.25) is 0 Å². The molecule has 2 aromatic heterocycles. The van der Waals surface area contributed by atoms with Crippen molar-refractivity contribution < 1.29 is 0 Å². The summed E-state index contributed by atoms with van der Waals surface area (Å²) < 4.78 is 3.65. The van der Waals surface area contributed by atoms with E-state index in [1.165, 1.54) is 0 Å². The Morgan fingerprint density at radius 2 is 1.89 bits per heavy atom. The Balaban J connectivity index is 1.68. The summed E-state index contributed by atoms with van der Waals surface area (Å²) in [6.45, 7) is 0.735. The van der Waals surface area contributed by atoms with E-state index in [0.29, 0.717) is 0 Å². The average Bonchev–Trinajstić information content (AvgIpc) is 3.06. The first-order valence-corrected chi connectivity index (χ1v) is 6.13. The number of para-hydroxylation sites is 1. The van der Waals surface area contributed by atoms with Gasteiger partial charge < -0.3 is 5.32 Å². The van der Waals surface area contributed by atoms with Crippen LogP contribution in [0, 0.1) is 0 Å². The van der Waals surface area contributed by atoms with E-state index in [1.54, 1.807) is 4.68 Å². The van der Waals surface area contributed by atoms with Crippen molar-refractivity contribution in [2.45, 2.75) is 6.54 Å². The molecule has 0 radical (unpaired) electrons. The standard InChI is InChI=1S/C14H15N5/c1-18-11-13(9-16-18)15-7-12-8-17-19(10-12)14-5-3-2-4-6-14/h2-6,8-11,15H,7H2,1H3. The maximum atomic E-state index is 4.36. The van der Waals surface area contributed by atoms with Gasteiger partial charge in [-0.15, -0.1) is 0 Å². The van der Waals surface area contributed by atoms with Gasteiger partial charge in [-0.1, -0.05) is 18.2 Å². The quantitative estimate of drug-likeness (QED) is 0.775. The van der Waals surface area contributed by atoms with Crippen molar-refractivity contribution in [3.63, 3.8) is 0 Å². The molecule has 0 unspecified atom stereocenters. The van der Waals surface area contributed by atoms with E-state index in [4.69, 9.17) is 0 Å². The monoisotopic (exact) mass is 253 g/mol. The zero-order chi connectivity index (χ0) is 13.1. The first-order chi connectivity index (χ1) is 9.31. The molecule has 0 spiro atoms. The number of aromatic nitrogens is 4. The number of anilines is 1. The second kappa shape index (κ2) is 4.97. The molecule has 19 heavy (non-hydrogen) atoms. The summed E-state index contributed by atoms with van der Waals surface area (Å²) in [6, 6.07) is 10.1. The van der Waals surface area contributed by atoms with Crippen LogP contribution in [0.5, 0.6) is 0 Å². The van der Waals surface area contributed by atoms with Gasteiger partial charge in [0.1, 0.15) is 0 Å². The molecule has 0 saturated carbocycles. The minimum Gasteiger partial charge on any atom is -0.378 e. The third kappa shape index (κ3) is 2.65. The highest BCUT2D eigenvalue weighted by atomic mass is 15.3. The molecule has 5 heteroatoms. The number of nitrogens with one attached hydrogen (secondary N) is 1. The van der Waals surface area contributed by atoms with Gasteiger partial charge in [0.05, 0.1) is 23.8 Å². The van der Waals surface area contributed by atoms with Gasteiger partial charge in [0, 0.05) is 31.5 Å². The Kier molecular flexibility index (Phi) is 3.02. The molecule has 0 aliphatic heterocycles. The van der Waals surface area contributed by atoms with Gasteiger partial charge in [-0.25, -0.2) is 4.68 Å². The molecule has 0 fully saturated rings. The van der Waals surface area contributed by atoms with Gasteiger partial charge in [0.15, 0.2) is 0 Å². The van der Waals surface area contributed by atoms with Crippen LogP contribution in [0.25, 0.3) is 5.69 Å². The predicted octanol–water partition coefficient (Wildman–Crippen LogP) is 2.22. The number of nitrogens with zero attached hydrogens (tertiary/aromatic N) is 4. The van der Waals surface area contributed by atoms with E-state index in [-0.39, 0.29) is 0 Å². The summed E-state index contributed by atoms with van der Waals surface area (Å²) in [5.74, 6) is 0. The van der Waals surface area contributed by atoms with Gasteiger partial charge in [0.25, 0.3) is 0 Å². The predicted molar refractivity (Wildman–Crippen MR) is 74.1 cm³/mol. The second-order valence-corrected chi connectivity index (χ2v) is 4.38. The van der Waals surface area contributed by atoms with Gasteiger partial charge >= 0.3 is 0 Å². The van der Waals surface area contributed by atoms with Crippen molar-refractivity contribution >= 4 is 5.69 Å². The van der Waals surface area contributed by atoms with E-state index in [0.717, 1.165) is 23.5 Å². The first-order valence-electron chi connectivity index (χ1n) is 6.13. The van der Waals surface area contributed by atoms with Gasteiger partial charge in [-0.3, -0.25) is 4.68 Å². The third-order valence-electron chi connectivity index (χ3n) is 2.86. The molecule has 96 valence electrons. The SMILES string of the molecule is Cn1cc(NCc2cnn(-c3ccccc3)c2)cn1. The Morgan fingerprint density at radius 3 is 2.63 bits per heavy atom. The van der Waals surface area contributed by atoms with E-state index in [9.17, 15) is 0 Å². The summed E-state index contributed by atoms with van der Waals surface area (Å²) in [4.78, 5) is 0. The van der Waals surface area contributed by atoms with Crippen molar-refractivity contribution in [3.05, 3.63) is 60.7 Å². The summed E-state index contributed by atoms with van der Waals surface area (Å²) >= 11 is 0. The summed E-state index contributed by atoms with van der Waals surface area (Å²) in [5.41, 5.74) is 3.21. The number of hydrogen-bond donors (Lipinski definition) is 1. The molecule has 5 nitrogen and oxygen atoms in total. The normalized spacial score (nSPS) is 10.6. The number of hydrogen-bond acceptors (Lipinski definition) is 3. The van der Waals surface area contributed by atoms with E-state index < -0.39 is 0 Å². The lowest BCUT2D eigenvalue weighted by molar-refractivity contribution is 0.768. The van der Waals surface area contributed by atoms with Crippen LogP contribution in [0.1, 0.15) is 5.56 Å². The van der Waals surface area contributed by atoms with Crippen molar-refractivity contribution in [2.24, 2.45) is 7.05 Å². The topological polar surface area (TPSA) is 47.7 Å². The minimum absolute atomic E-state index is 0.735. The lowest BCUT2D eigenvalue weighted by Crippen LogP contribution is -1.97. The van der Waals surface area contributed by atoms with Gasteiger partial charge in [-0.05, 0) is 12.1 Å². The molecular formula is C14H15N5.